The summed E-state index contributed by atoms with van der Waals surface area (Å²) in [6.45, 7) is 0. The van der Waals surface area contributed by atoms with Crippen LogP contribution in [0.1, 0.15) is 11.1 Å². The van der Waals surface area contributed by atoms with Gasteiger partial charge in [-0.15, -0.1) is 0 Å². The van der Waals surface area contributed by atoms with Crippen LogP contribution in [0.5, 0.6) is 17.2 Å². The number of carbonyl (C=O) groups is 1. The highest BCUT2D eigenvalue weighted by Gasteiger charge is 2.24. The van der Waals surface area contributed by atoms with Crippen molar-refractivity contribution in [1.82, 2.24) is 0 Å². The first-order valence-corrected chi connectivity index (χ1v) is 7.66. The summed E-state index contributed by atoms with van der Waals surface area (Å²) >= 11 is 0. The second kappa shape index (κ2) is 7.13. The van der Waals surface area contributed by atoms with Gasteiger partial charge in [0, 0.05) is 0 Å². The molecule has 25 heavy (non-hydrogen) atoms. The summed E-state index contributed by atoms with van der Waals surface area (Å²) < 4.78 is 21.1. The van der Waals surface area contributed by atoms with Crippen molar-refractivity contribution in [2.75, 3.05) is 21.3 Å². The maximum absolute atomic E-state index is 12.2. The van der Waals surface area contributed by atoms with E-state index < -0.39 is 5.97 Å². The molecule has 0 aromatic heterocycles. The number of carbonyl (C=O) groups excluding carboxylic acids is 1. The Hall–Kier alpha value is -3.21. The Morgan fingerprint density at radius 1 is 0.880 bits per heavy atom. The number of benzene rings is 2. The smallest absolute Gasteiger partial charge is 0.343 e. The molecule has 0 unspecified atom stereocenters. The summed E-state index contributed by atoms with van der Waals surface area (Å²) in [4.78, 5) is 12.2. The van der Waals surface area contributed by atoms with Gasteiger partial charge in [0.05, 0.1) is 32.5 Å². The first kappa shape index (κ1) is 16.6. The summed E-state index contributed by atoms with van der Waals surface area (Å²) in [6.07, 6.45) is 3.46. The van der Waals surface area contributed by atoms with Gasteiger partial charge in [0.2, 0.25) is 0 Å². The van der Waals surface area contributed by atoms with Crippen molar-refractivity contribution in [1.29, 1.82) is 0 Å². The first-order chi connectivity index (χ1) is 12.1. The molecule has 0 amide bonds. The zero-order valence-corrected chi connectivity index (χ0v) is 14.2. The molecule has 0 aliphatic carbocycles. The molecule has 5 nitrogen and oxygen atoms in total. The van der Waals surface area contributed by atoms with Gasteiger partial charge in [-0.1, -0.05) is 12.1 Å². The number of cyclic esters (lactones) is 1. The molecule has 1 aliphatic heterocycles. The number of methoxy groups -OCH3 is 3. The van der Waals surface area contributed by atoms with E-state index in [0.717, 1.165) is 11.3 Å². The molecule has 0 saturated heterocycles. The molecule has 0 saturated carbocycles. The fourth-order valence-corrected chi connectivity index (χ4v) is 2.51. The fourth-order valence-electron chi connectivity index (χ4n) is 2.51. The second-order valence-electron chi connectivity index (χ2n) is 5.34. The Bertz CT molecular complexity index is 847. The average molecular weight is 338 g/mol. The molecule has 2 aromatic rings. The standard InChI is InChI=1S/C20H18O5/c1-22-15-6-4-13(5-7-15)10-14-11-19(25-20(14)21)17-12-16(23-2)8-9-18(17)24-3/h4-12H,1-3H3/b14-10+. The molecular weight excluding hydrogens is 320 g/mol. The monoisotopic (exact) mass is 338 g/mol. The van der Waals surface area contributed by atoms with Gasteiger partial charge in [0.25, 0.3) is 0 Å². The van der Waals surface area contributed by atoms with E-state index in [1.807, 2.05) is 24.3 Å². The van der Waals surface area contributed by atoms with Crippen LogP contribution >= 0.6 is 0 Å². The molecule has 0 spiro atoms. The lowest BCUT2D eigenvalue weighted by Gasteiger charge is -2.10. The van der Waals surface area contributed by atoms with E-state index in [1.165, 1.54) is 0 Å². The molecule has 3 rings (SSSR count). The molecule has 1 aliphatic rings. The Morgan fingerprint density at radius 2 is 1.56 bits per heavy atom. The Kier molecular flexibility index (Phi) is 4.75. The van der Waals surface area contributed by atoms with Crippen LogP contribution in [0.3, 0.4) is 0 Å². The molecule has 0 fully saturated rings. The molecule has 0 atom stereocenters. The van der Waals surface area contributed by atoms with E-state index in [-0.39, 0.29) is 0 Å². The quantitative estimate of drug-likeness (QED) is 0.615. The van der Waals surface area contributed by atoms with Crippen LogP contribution < -0.4 is 14.2 Å². The van der Waals surface area contributed by atoms with Crippen LogP contribution in [0.2, 0.25) is 0 Å². The number of rotatable bonds is 5. The molecule has 0 N–H and O–H groups in total. The van der Waals surface area contributed by atoms with Gasteiger partial charge in [-0.25, -0.2) is 4.79 Å². The third-order valence-corrected chi connectivity index (χ3v) is 3.84. The molecule has 0 bridgehead atoms. The minimum atomic E-state index is -0.407. The minimum absolute atomic E-state index is 0.407. The second-order valence-corrected chi connectivity index (χ2v) is 5.34. The van der Waals surface area contributed by atoms with Gasteiger partial charge in [-0.05, 0) is 48.0 Å². The summed E-state index contributed by atoms with van der Waals surface area (Å²) in [5.74, 6) is 2.04. The van der Waals surface area contributed by atoms with Gasteiger partial charge >= 0.3 is 5.97 Å². The van der Waals surface area contributed by atoms with Crippen molar-refractivity contribution >= 4 is 17.8 Å². The molecule has 1 heterocycles. The van der Waals surface area contributed by atoms with E-state index in [0.29, 0.717) is 28.4 Å². The lowest BCUT2D eigenvalue weighted by atomic mass is 10.1. The van der Waals surface area contributed by atoms with Crippen LogP contribution in [-0.4, -0.2) is 27.3 Å². The van der Waals surface area contributed by atoms with E-state index >= 15 is 0 Å². The lowest BCUT2D eigenvalue weighted by molar-refractivity contribution is -0.130. The zero-order chi connectivity index (χ0) is 17.8. The van der Waals surface area contributed by atoms with Gasteiger partial charge in [-0.2, -0.15) is 0 Å². The molecule has 0 radical (unpaired) electrons. The molecule has 128 valence electrons. The third-order valence-electron chi connectivity index (χ3n) is 3.84. The Labute approximate surface area is 146 Å². The predicted octanol–water partition coefficient (Wildman–Crippen LogP) is 3.69. The number of hydrogen-bond acceptors (Lipinski definition) is 5. The van der Waals surface area contributed by atoms with Crippen molar-refractivity contribution < 1.29 is 23.7 Å². The Balaban J connectivity index is 1.95. The van der Waals surface area contributed by atoms with E-state index in [9.17, 15) is 4.79 Å². The number of esters is 1. The van der Waals surface area contributed by atoms with Crippen molar-refractivity contribution in [3.8, 4) is 17.2 Å². The van der Waals surface area contributed by atoms with Crippen LogP contribution in [-0.2, 0) is 9.53 Å². The topological polar surface area (TPSA) is 54.0 Å². The van der Waals surface area contributed by atoms with E-state index in [4.69, 9.17) is 18.9 Å². The van der Waals surface area contributed by atoms with Gasteiger partial charge in [0.15, 0.2) is 0 Å². The third kappa shape index (κ3) is 3.50. The fraction of sp³-hybridized carbons (Fsp3) is 0.150. The Morgan fingerprint density at radius 3 is 2.20 bits per heavy atom. The highest BCUT2D eigenvalue weighted by Crippen LogP contribution is 2.35. The summed E-state index contributed by atoms with van der Waals surface area (Å²) in [5.41, 5.74) is 2.00. The predicted molar refractivity (Wildman–Crippen MR) is 94.6 cm³/mol. The highest BCUT2D eigenvalue weighted by atomic mass is 16.5. The summed E-state index contributed by atoms with van der Waals surface area (Å²) in [5, 5.41) is 0. The van der Waals surface area contributed by atoms with Gasteiger partial charge in [-0.3, -0.25) is 0 Å². The van der Waals surface area contributed by atoms with Gasteiger partial charge < -0.3 is 18.9 Å². The molecule has 5 heteroatoms. The molecule has 2 aromatic carbocycles. The van der Waals surface area contributed by atoms with Gasteiger partial charge in [0.1, 0.15) is 23.0 Å². The van der Waals surface area contributed by atoms with Crippen molar-refractivity contribution in [3.05, 3.63) is 65.2 Å². The normalized spacial score (nSPS) is 14.9. The van der Waals surface area contributed by atoms with Crippen molar-refractivity contribution in [2.45, 2.75) is 0 Å². The van der Waals surface area contributed by atoms with Crippen LogP contribution in [0.15, 0.2) is 54.1 Å². The largest absolute Gasteiger partial charge is 0.497 e. The van der Waals surface area contributed by atoms with Crippen molar-refractivity contribution in [2.24, 2.45) is 0 Å². The SMILES string of the molecule is COc1ccc(/C=C2\C=C(c3cc(OC)ccc3OC)OC2=O)cc1. The van der Waals surface area contributed by atoms with Crippen LogP contribution in [0, 0.1) is 0 Å². The highest BCUT2D eigenvalue weighted by molar-refractivity contribution is 6.05. The first-order valence-electron chi connectivity index (χ1n) is 7.66. The van der Waals surface area contributed by atoms with Crippen molar-refractivity contribution in [3.63, 3.8) is 0 Å². The average Bonchev–Trinajstić information content (AvgIpc) is 3.02. The maximum Gasteiger partial charge on any atom is 0.343 e. The lowest BCUT2D eigenvalue weighted by Crippen LogP contribution is -1.98. The summed E-state index contributed by atoms with van der Waals surface area (Å²) in [6, 6.07) is 12.7. The maximum atomic E-state index is 12.2. The molecular formula is C20H18O5. The summed E-state index contributed by atoms with van der Waals surface area (Å²) in [7, 11) is 4.75. The van der Waals surface area contributed by atoms with Crippen LogP contribution in [0.4, 0.5) is 0 Å². The van der Waals surface area contributed by atoms with E-state index in [1.54, 1.807) is 51.7 Å². The van der Waals surface area contributed by atoms with E-state index in [2.05, 4.69) is 0 Å². The number of ether oxygens (including phenoxy) is 4. The number of hydrogen-bond donors (Lipinski definition) is 0. The minimum Gasteiger partial charge on any atom is -0.497 e. The zero-order valence-electron chi connectivity index (χ0n) is 14.2. The van der Waals surface area contributed by atoms with Crippen LogP contribution in [0.25, 0.3) is 11.8 Å².